The summed E-state index contributed by atoms with van der Waals surface area (Å²) in [6.45, 7) is 9.36. The fourth-order valence-electron chi connectivity index (χ4n) is 4.56. The first-order chi connectivity index (χ1) is 16.6. The van der Waals surface area contributed by atoms with Gasteiger partial charge in [0.1, 0.15) is 5.75 Å². The first kappa shape index (κ1) is 21.7. The Kier molecular flexibility index (Phi) is 5.74. The van der Waals surface area contributed by atoms with E-state index in [0.717, 1.165) is 54.1 Å². The smallest absolute Gasteiger partial charge is 0.200 e. The zero-order valence-corrected chi connectivity index (χ0v) is 19.0. The molecule has 1 aliphatic rings. The van der Waals surface area contributed by atoms with Crippen molar-refractivity contribution in [1.29, 1.82) is 0 Å². The Morgan fingerprint density at radius 2 is 2.09 bits per heavy atom. The topological polar surface area (TPSA) is 112 Å². The molecule has 1 fully saturated rings. The summed E-state index contributed by atoms with van der Waals surface area (Å²) in [5, 5.41) is 0. The molecular weight excluding hydrogens is 428 g/mol. The number of methoxy groups -OCH3 is 1. The van der Waals surface area contributed by atoms with Crippen molar-refractivity contribution in [3.63, 3.8) is 0 Å². The molecule has 0 amide bonds. The fourth-order valence-corrected chi connectivity index (χ4v) is 4.56. The number of nitrogen functional groups attached to an aromatic ring is 1. The number of pyridine rings is 1. The Morgan fingerprint density at radius 1 is 1.21 bits per heavy atom. The maximum absolute atomic E-state index is 7.64. The average Bonchev–Trinajstić information content (AvgIpc) is 3.27. The third-order valence-electron chi connectivity index (χ3n) is 6.27. The van der Waals surface area contributed by atoms with Gasteiger partial charge in [0.05, 0.1) is 31.3 Å². The SMILES string of the molecule is [C-]#[N+]c1cc(OC)ccc1-c1cc(Cc2cnc3c(N)nccn23)c(N2CCC[C@@H](N)C2)cn1. The second-order valence-corrected chi connectivity index (χ2v) is 8.47. The van der Waals surface area contributed by atoms with Gasteiger partial charge in [-0.2, -0.15) is 0 Å². The second-order valence-electron chi connectivity index (χ2n) is 8.47. The predicted molar refractivity (Wildman–Crippen MR) is 132 cm³/mol. The molecule has 9 heteroatoms. The molecule has 4 aromatic rings. The lowest BCUT2D eigenvalue weighted by atomic mass is 10.0. The number of anilines is 2. The van der Waals surface area contributed by atoms with E-state index in [-0.39, 0.29) is 6.04 Å². The third-order valence-corrected chi connectivity index (χ3v) is 6.27. The summed E-state index contributed by atoms with van der Waals surface area (Å²) in [4.78, 5) is 19.4. The zero-order valence-electron chi connectivity index (χ0n) is 19.0. The molecular formula is C25H26N8O. The van der Waals surface area contributed by atoms with Gasteiger partial charge in [-0.3, -0.25) is 9.38 Å². The minimum absolute atomic E-state index is 0.137. The zero-order chi connectivity index (χ0) is 23.7. The molecule has 5 rings (SSSR count). The van der Waals surface area contributed by atoms with Crippen molar-refractivity contribution in [1.82, 2.24) is 19.4 Å². The molecule has 34 heavy (non-hydrogen) atoms. The highest BCUT2D eigenvalue weighted by atomic mass is 16.5. The largest absolute Gasteiger partial charge is 0.498 e. The van der Waals surface area contributed by atoms with E-state index in [9.17, 15) is 0 Å². The van der Waals surface area contributed by atoms with Crippen LogP contribution in [0.15, 0.2) is 49.1 Å². The summed E-state index contributed by atoms with van der Waals surface area (Å²) in [6.07, 6.45) is 9.96. The van der Waals surface area contributed by atoms with Crippen molar-refractivity contribution < 1.29 is 4.74 Å². The second kappa shape index (κ2) is 9.00. The van der Waals surface area contributed by atoms with Crippen molar-refractivity contribution in [2.75, 3.05) is 30.8 Å². The van der Waals surface area contributed by atoms with Crippen LogP contribution in [0.25, 0.3) is 21.7 Å². The van der Waals surface area contributed by atoms with Gasteiger partial charge in [0.15, 0.2) is 17.2 Å². The van der Waals surface area contributed by atoms with Crippen LogP contribution < -0.4 is 21.1 Å². The Hall–Kier alpha value is -4.16. The van der Waals surface area contributed by atoms with Gasteiger partial charge in [0.2, 0.25) is 0 Å². The number of rotatable bonds is 5. The van der Waals surface area contributed by atoms with Crippen LogP contribution in [0.4, 0.5) is 17.2 Å². The van der Waals surface area contributed by atoms with Gasteiger partial charge in [0, 0.05) is 55.4 Å². The Morgan fingerprint density at radius 3 is 2.88 bits per heavy atom. The maximum atomic E-state index is 7.64. The number of ether oxygens (including phenoxy) is 1. The van der Waals surface area contributed by atoms with Crippen molar-refractivity contribution >= 4 is 22.8 Å². The highest BCUT2D eigenvalue weighted by molar-refractivity contribution is 5.79. The van der Waals surface area contributed by atoms with E-state index in [0.29, 0.717) is 29.3 Å². The number of nitrogens with zero attached hydrogens (tertiary/aromatic N) is 6. The molecule has 1 aliphatic heterocycles. The van der Waals surface area contributed by atoms with E-state index in [2.05, 4.69) is 25.8 Å². The highest BCUT2D eigenvalue weighted by Gasteiger charge is 2.22. The summed E-state index contributed by atoms with van der Waals surface area (Å²) in [5.41, 5.74) is 18.1. The number of hydrogen-bond donors (Lipinski definition) is 2. The average molecular weight is 455 g/mol. The fraction of sp³-hybridized carbons (Fsp3) is 0.280. The van der Waals surface area contributed by atoms with E-state index < -0.39 is 0 Å². The molecule has 0 saturated carbocycles. The third kappa shape index (κ3) is 4.00. The minimum atomic E-state index is 0.137. The molecule has 0 bridgehead atoms. The molecule has 1 aromatic carbocycles. The first-order valence-corrected chi connectivity index (χ1v) is 11.2. The Balaban J connectivity index is 1.61. The molecule has 0 spiro atoms. The maximum Gasteiger partial charge on any atom is 0.200 e. The monoisotopic (exact) mass is 454 g/mol. The number of piperidine rings is 1. The van der Waals surface area contributed by atoms with E-state index in [1.807, 2.05) is 35.1 Å². The lowest BCUT2D eigenvalue weighted by Gasteiger charge is -2.34. The summed E-state index contributed by atoms with van der Waals surface area (Å²) < 4.78 is 7.26. The molecule has 9 nitrogen and oxygen atoms in total. The van der Waals surface area contributed by atoms with Gasteiger partial charge in [-0.05, 0) is 36.6 Å². The van der Waals surface area contributed by atoms with Gasteiger partial charge in [-0.15, -0.1) is 0 Å². The van der Waals surface area contributed by atoms with Crippen LogP contribution in [0.1, 0.15) is 24.1 Å². The van der Waals surface area contributed by atoms with Crippen LogP contribution in [0, 0.1) is 6.57 Å². The molecule has 3 aromatic heterocycles. The number of imidazole rings is 1. The summed E-state index contributed by atoms with van der Waals surface area (Å²) in [5.74, 6) is 1.04. The van der Waals surface area contributed by atoms with Gasteiger partial charge in [0.25, 0.3) is 0 Å². The molecule has 172 valence electrons. The van der Waals surface area contributed by atoms with E-state index in [1.165, 1.54) is 0 Å². The summed E-state index contributed by atoms with van der Waals surface area (Å²) in [7, 11) is 1.59. The van der Waals surface area contributed by atoms with Crippen LogP contribution in [-0.2, 0) is 6.42 Å². The molecule has 0 unspecified atom stereocenters. The van der Waals surface area contributed by atoms with E-state index >= 15 is 0 Å². The van der Waals surface area contributed by atoms with Crippen LogP contribution in [-0.4, -0.2) is 45.6 Å². The normalized spacial score (nSPS) is 15.9. The molecule has 1 atom stereocenters. The van der Waals surface area contributed by atoms with Crippen LogP contribution >= 0.6 is 0 Å². The predicted octanol–water partition coefficient (Wildman–Crippen LogP) is 3.45. The number of fused-ring (bicyclic) bond motifs is 1. The Bertz CT molecular complexity index is 1390. The molecule has 0 aliphatic carbocycles. The van der Waals surface area contributed by atoms with E-state index in [1.54, 1.807) is 19.4 Å². The molecule has 4 N–H and O–H groups in total. The standard InChI is InChI=1S/C25H26N8O/c1-28-21-12-19(34-2)5-6-20(21)22-11-16(23(14-30-22)32-8-3-4-17(26)15-32)10-18-13-31-25-24(27)29-7-9-33(18)25/h5-7,9,11-14,17H,3-4,8,10,15,26H2,2H3,(H2,27,29)/t17-/m1/s1. The van der Waals surface area contributed by atoms with Crippen molar-refractivity contribution in [3.05, 3.63) is 71.7 Å². The quantitative estimate of drug-likeness (QED) is 0.444. The number of nitrogens with two attached hydrogens (primary N) is 2. The van der Waals surface area contributed by atoms with Crippen LogP contribution in [0.2, 0.25) is 0 Å². The van der Waals surface area contributed by atoms with E-state index in [4.69, 9.17) is 27.8 Å². The highest BCUT2D eigenvalue weighted by Crippen LogP contribution is 2.35. The lowest BCUT2D eigenvalue weighted by molar-refractivity contribution is 0.415. The van der Waals surface area contributed by atoms with Crippen molar-refractivity contribution in [2.45, 2.75) is 25.3 Å². The van der Waals surface area contributed by atoms with Crippen LogP contribution in [0.5, 0.6) is 5.75 Å². The van der Waals surface area contributed by atoms with Crippen molar-refractivity contribution in [2.24, 2.45) is 5.73 Å². The molecule has 4 heterocycles. The first-order valence-electron chi connectivity index (χ1n) is 11.2. The van der Waals surface area contributed by atoms with Gasteiger partial charge < -0.3 is 21.1 Å². The van der Waals surface area contributed by atoms with Gasteiger partial charge >= 0.3 is 0 Å². The lowest BCUT2D eigenvalue weighted by Crippen LogP contribution is -2.43. The molecule has 1 saturated heterocycles. The summed E-state index contributed by atoms with van der Waals surface area (Å²) in [6, 6.07) is 7.67. The Labute approximate surface area is 197 Å². The van der Waals surface area contributed by atoms with Crippen LogP contribution in [0.3, 0.4) is 0 Å². The number of benzene rings is 1. The number of aromatic nitrogens is 4. The summed E-state index contributed by atoms with van der Waals surface area (Å²) >= 11 is 0. The van der Waals surface area contributed by atoms with Crippen molar-refractivity contribution in [3.8, 4) is 17.0 Å². The molecule has 0 radical (unpaired) electrons. The van der Waals surface area contributed by atoms with Gasteiger partial charge in [-0.1, -0.05) is 6.07 Å². The minimum Gasteiger partial charge on any atom is -0.498 e. The van der Waals surface area contributed by atoms with Gasteiger partial charge in [-0.25, -0.2) is 14.8 Å². The number of hydrogen-bond acceptors (Lipinski definition) is 7.